The van der Waals surface area contributed by atoms with Gasteiger partial charge >= 0.3 is 0 Å². The highest BCUT2D eigenvalue weighted by Gasteiger charge is 2.19. The normalized spacial score (nSPS) is 12.0. The molecule has 0 radical (unpaired) electrons. The summed E-state index contributed by atoms with van der Waals surface area (Å²) in [5, 5.41) is 6.94. The molecule has 0 saturated heterocycles. The molecule has 0 fully saturated rings. The molecule has 0 amide bonds. The van der Waals surface area contributed by atoms with Crippen molar-refractivity contribution < 1.29 is 4.42 Å². The molecule has 0 bridgehead atoms. The van der Waals surface area contributed by atoms with E-state index in [0.29, 0.717) is 5.82 Å². The molecule has 5 aromatic carbocycles. The molecule has 40 heavy (non-hydrogen) atoms. The molecule has 0 aliphatic heterocycles. The SMILES string of the molecule is c1ccc2cc3c(cc2c1)c1ccccc1n3-c1nc(-c2ccc3c(c2)oc2ccccc23)nc2cccnc12. The molecule has 9 rings (SSSR count). The zero-order valence-electron chi connectivity index (χ0n) is 21.2. The number of pyridine rings is 1. The summed E-state index contributed by atoms with van der Waals surface area (Å²) < 4.78 is 8.42. The fraction of sp³-hybridized carbons (Fsp3) is 0. The van der Waals surface area contributed by atoms with Crippen LogP contribution in [0.2, 0.25) is 0 Å². The van der Waals surface area contributed by atoms with Crippen molar-refractivity contribution in [2.75, 3.05) is 0 Å². The van der Waals surface area contributed by atoms with Gasteiger partial charge in [0, 0.05) is 33.3 Å². The number of hydrogen-bond donors (Lipinski definition) is 0. The van der Waals surface area contributed by atoms with Crippen LogP contribution in [-0.2, 0) is 0 Å². The van der Waals surface area contributed by atoms with Crippen molar-refractivity contribution in [3.8, 4) is 17.2 Å². The van der Waals surface area contributed by atoms with Crippen LogP contribution in [0.15, 0.2) is 126 Å². The van der Waals surface area contributed by atoms with E-state index in [4.69, 9.17) is 19.4 Å². The van der Waals surface area contributed by atoms with Crippen LogP contribution in [0.25, 0.3) is 82.8 Å². The minimum atomic E-state index is 0.629. The van der Waals surface area contributed by atoms with E-state index in [1.807, 2.05) is 36.4 Å². The Morgan fingerprint density at radius 1 is 0.550 bits per heavy atom. The van der Waals surface area contributed by atoms with Gasteiger partial charge in [-0.15, -0.1) is 0 Å². The first-order valence-electron chi connectivity index (χ1n) is 13.3. The summed E-state index contributed by atoms with van der Waals surface area (Å²) in [4.78, 5) is 14.9. The second-order valence-corrected chi connectivity index (χ2v) is 10.1. The van der Waals surface area contributed by atoms with Gasteiger partial charge in [0.1, 0.15) is 16.7 Å². The van der Waals surface area contributed by atoms with E-state index in [9.17, 15) is 0 Å². The van der Waals surface area contributed by atoms with Gasteiger partial charge in [-0.1, -0.05) is 66.7 Å². The summed E-state index contributed by atoms with van der Waals surface area (Å²) in [6, 6.07) is 39.7. The van der Waals surface area contributed by atoms with Crippen molar-refractivity contribution in [2.45, 2.75) is 0 Å². The molecular weight excluding hydrogens is 492 g/mol. The van der Waals surface area contributed by atoms with E-state index in [-0.39, 0.29) is 0 Å². The van der Waals surface area contributed by atoms with Crippen molar-refractivity contribution in [2.24, 2.45) is 0 Å². The average molecular weight is 513 g/mol. The lowest BCUT2D eigenvalue weighted by molar-refractivity contribution is 0.669. The second kappa shape index (κ2) is 7.98. The van der Waals surface area contributed by atoms with Gasteiger partial charge in [-0.25, -0.2) is 9.97 Å². The molecule has 0 saturated carbocycles. The first kappa shape index (κ1) is 21.4. The Morgan fingerprint density at radius 3 is 2.25 bits per heavy atom. The lowest BCUT2D eigenvalue weighted by atomic mass is 10.1. The number of para-hydroxylation sites is 2. The third-order valence-electron chi connectivity index (χ3n) is 7.83. The van der Waals surface area contributed by atoms with Crippen molar-refractivity contribution in [3.63, 3.8) is 0 Å². The van der Waals surface area contributed by atoms with Crippen LogP contribution in [0.1, 0.15) is 0 Å². The quantitative estimate of drug-likeness (QED) is 0.232. The predicted octanol–water partition coefficient (Wildman–Crippen LogP) is 8.84. The minimum absolute atomic E-state index is 0.629. The summed E-state index contributed by atoms with van der Waals surface area (Å²) in [7, 11) is 0. The highest BCUT2D eigenvalue weighted by atomic mass is 16.3. The number of rotatable bonds is 2. The third kappa shape index (κ3) is 3.00. The van der Waals surface area contributed by atoms with E-state index < -0.39 is 0 Å². The molecule has 0 spiro atoms. The molecule has 5 heteroatoms. The maximum atomic E-state index is 6.19. The summed E-state index contributed by atoms with van der Waals surface area (Å²) in [6.07, 6.45) is 1.80. The van der Waals surface area contributed by atoms with Gasteiger partial charge in [-0.3, -0.25) is 9.55 Å². The van der Waals surface area contributed by atoms with E-state index >= 15 is 0 Å². The zero-order valence-corrected chi connectivity index (χ0v) is 21.2. The molecule has 5 nitrogen and oxygen atoms in total. The molecule has 186 valence electrons. The number of aromatic nitrogens is 4. The average Bonchev–Trinajstić information content (AvgIpc) is 3.54. The monoisotopic (exact) mass is 512 g/mol. The van der Waals surface area contributed by atoms with Gasteiger partial charge in [-0.05, 0) is 59.3 Å². The van der Waals surface area contributed by atoms with Crippen LogP contribution in [-0.4, -0.2) is 19.5 Å². The standard InChI is InChI=1S/C35H20N4O/c1-2-9-22-19-30-27(18-21(22)8-1)24-10-3-5-13-29(24)39(30)35-33-28(12-7-17-36-33)37-34(38-35)23-15-16-26-25-11-4-6-14-31(25)40-32(26)20-23/h1-20H. The maximum absolute atomic E-state index is 6.19. The topological polar surface area (TPSA) is 56.7 Å². The molecule has 4 heterocycles. The minimum Gasteiger partial charge on any atom is -0.456 e. The number of benzene rings is 5. The molecular formula is C35H20N4O. The van der Waals surface area contributed by atoms with E-state index in [1.54, 1.807) is 6.20 Å². The Balaban J connectivity index is 1.37. The van der Waals surface area contributed by atoms with Crippen LogP contribution in [0, 0.1) is 0 Å². The van der Waals surface area contributed by atoms with Gasteiger partial charge in [0.05, 0.1) is 16.6 Å². The van der Waals surface area contributed by atoms with Crippen molar-refractivity contribution in [1.29, 1.82) is 0 Å². The Bertz CT molecular complexity index is 2450. The Hall–Kier alpha value is -5.55. The Labute approximate surface area is 228 Å². The smallest absolute Gasteiger partial charge is 0.168 e. The van der Waals surface area contributed by atoms with Gasteiger partial charge < -0.3 is 4.42 Å². The van der Waals surface area contributed by atoms with Crippen LogP contribution >= 0.6 is 0 Å². The number of hydrogen-bond acceptors (Lipinski definition) is 4. The number of nitrogens with zero attached hydrogens (tertiary/aromatic N) is 4. The summed E-state index contributed by atoms with van der Waals surface area (Å²) >= 11 is 0. The van der Waals surface area contributed by atoms with Gasteiger partial charge in [-0.2, -0.15) is 0 Å². The Kier molecular flexibility index (Phi) is 4.27. The maximum Gasteiger partial charge on any atom is 0.168 e. The lowest BCUT2D eigenvalue weighted by Gasteiger charge is -2.12. The second-order valence-electron chi connectivity index (χ2n) is 10.1. The molecule has 9 aromatic rings. The fourth-order valence-corrected chi connectivity index (χ4v) is 5.99. The molecule has 0 unspecified atom stereocenters. The predicted molar refractivity (Wildman–Crippen MR) is 162 cm³/mol. The summed E-state index contributed by atoms with van der Waals surface area (Å²) in [5.74, 6) is 1.39. The van der Waals surface area contributed by atoms with E-state index in [0.717, 1.165) is 55.4 Å². The summed E-state index contributed by atoms with van der Waals surface area (Å²) in [6.45, 7) is 0. The number of furan rings is 1. The lowest BCUT2D eigenvalue weighted by Crippen LogP contribution is -2.03. The molecule has 0 aliphatic carbocycles. The fourth-order valence-electron chi connectivity index (χ4n) is 5.99. The zero-order chi connectivity index (χ0) is 26.2. The van der Waals surface area contributed by atoms with Crippen molar-refractivity contribution in [1.82, 2.24) is 19.5 Å². The van der Waals surface area contributed by atoms with Gasteiger partial charge in [0.25, 0.3) is 0 Å². The van der Waals surface area contributed by atoms with Crippen LogP contribution in [0.3, 0.4) is 0 Å². The molecule has 0 atom stereocenters. The van der Waals surface area contributed by atoms with Crippen molar-refractivity contribution in [3.05, 3.63) is 121 Å². The van der Waals surface area contributed by atoms with Crippen molar-refractivity contribution >= 4 is 65.6 Å². The van der Waals surface area contributed by atoms with Crippen LogP contribution < -0.4 is 0 Å². The van der Waals surface area contributed by atoms with E-state index in [2.05, 4.69) is 83.4 Å². The van der Waals surface area contributed by atoms with Crippen LogP contribution in [0.4, 0.5) is 0 Å². The molecule has 4 aromatic heterocycles. The molecule has 0 N–H and O–H groups in total. The van der Waals surface area contributed by atoms with Crippen LogP contribution in [0.5, 0.6) is 0 Å². The highest BCUT2D eigenvalue weighted by Crippen LogP contribution is 2.37. The Morgan fingerprint density at radius 2 is 1.32 bits per heavy atom. The van der Waals surface area contributed by atoms with E-state index in [1.165, 1.54) is 21.5 Å². The summed E-state index contributed by atoms with van der Waals surface area (Å²) in [5.41, 5.74) is 6.30. The molecule has 0 aliphatic rings. The first-order valence-corrected chi connectivity index (χ1v) is 13.3. The first-order chi connectivity index (χ1) is 19.8. The van der Waals surface area contributed by atoms with Gasteiger partial charge in [0.15, 0.2) is 11.6 Å². The van der Waals surface area contributed by atoms with Gasteiger partial charge in [0.2, 0.25) is 0 Å². The number of fused-ring (bicyclic) bond motifs is 8. The highest BCUT2D eigenvalue weighted by molar-refractivity contribution is 6.14. The third-order valence-corrected chi connectivity index (χ3v) is 7.83. The largest absolute Gasteiger partial charge is 0.456 e.